The number of hydrogen-bond acceptors (Lipinski definition) is 3. The van der Waals surface area contributed by atoms with E-state index >= 15 is 0 Å². The number of nitrogens with one attached hydrogen (secondary N) is 1. The van der Waals surface area contributed by atoms with Gasteiger partial charge in [0, 0.05) is 17.8 Å². The number of carbonyl (C=O) groups is 2. The second-order valence-corrected chi connectivity index (χ2v) is 5.32. The minimum Gasteiger partial charge on any atom is -0.462 e. The van der Waals surface area contributed by atoms with Crippen LogP contribution < -0.4 is 4.57 Å². The quantitative estimate of drug-likeness (QED) is 0.523. The number of Topliss-reactive ketones (excluding diaryl/α,β-unsaturated/α-hetero) is 1. The molecule has 116 valence electrons. The predicted molar refractivity (Wildman–Crippen MR) is 81.9 cm³/mol. The number of pyridine rings is 1. The van der Waals surface area contributed by atoms with E-state index in [0.29, 0.717) is 29.1 Å². The Morgan fingerprint density at radius 1 is 1.18 bits per heavy atom. The largest absolute Gasteiger partial charge is 0.462 e. The summed E-state index contributed by atoms with van der Waals surface area (Å²) in [6, 6.07) is 3.90. The van der Waals surface area contributed by atoms with Crippen LogP contribution in [0.25, 0.3) is 0 Å². The normalized spacial score (nSPS) is 10.5. The van der Waals surface area contributed by atoms with Gasteiger partial charge >= 0.3 is 5.97 Å². The Labute approximate surface area is 129 Å². The summed E-state index contributed by atoms with van der Waals surface area (Å²) in [5.41, 5.74) is 3.37. The van der Waals surface area contributed by atoms with Gasteiger partial charge in [-0.3, -0.25) is 4.79 Å². The number of rotatable bonds is 5. The van der Waals surface area contributed by atoms with E-state index in [-0.39, 0.29) is 12.3 Å². The zero-order valence-electron chi connectivity index (χ0n) is 13.4. The maximum atomic E-state index is 12.5. The summed E-state index contributed by atoms with van der Waals surface area (Å²) in [7, 11) is 0. The van der Waals surface area contributed by atoms with E-state index in [4.69, 9.17) is 4.74 Å². The fourth-order valence-corrected chi connectivity index (χ4v) is 2.42. The minimum absolute atomic E-state index is 0.0648. The molecule has 1 N–H and O–H groups in total. The summed E-state index contributed by atoms with van der Waals surface area (Å²) in [4.78, 5) is 27.4. The fourth-order valence-electron chi connectivity index (χ4n) is 2.42. The first kappa shape index (κ1) is 15.9. The highest BCUT2D eigenvalue weighted by molar-refractivity contribution is 6.00. The molecule has 0 aliphatic rings. The SMILES string of the molecule is CCOC(=O)c1c(C)[nH]c(C(=O)C[n+]2ccc(C)cc2)c1C. The van der Waals surface area contributed by atoms with E-state index < -0.39 is 5.97 Å². The van der Waals surface area contributed by atoms with Crippen LogP contribution in [0.5, 0.6) is 0 Å². The smallest absolute Gasteiger partial charge is 0.340 e. The summed E-state index contributed by atoms with van der Waals surface area (Å²) in [5, 5.41) is 0. The number of H-pyrrole nitrogens is 1. The standard InChI is InChI=1S/C17H20N2O3/c1-5-22-17(21)15-12(3)16(18-13(15)4)14(20)10-19-8-6-11(2)7-9-19/h6-9H,5,10H2,1-4H3/p+1. The Balaban J connectivity index is 2.25. The van der Waals surface area contributed by atoms with Gasteiger partial charge < -0.3 is 9.72 Å². The first-order valence-corrected chi connectivity index (χ1v) is 7.29. The molecule has 0 spiro atoms. The second-order valence-electron chi connectivity index (χ2n) is 5.32. The number of ether oxygens (including phenoxy) is 1. The third-order valence-corrected chi connectivity index (χ3v) is 3.58. The highest BCUT2D eigenvalue weighted by Crippen LogP contribution is 2.19. The van der Waals surface area contributed by atoms with E-state index in [9.17, 15) is 9.59 Å². The summed E-state index contributed by atoms with van der Waals surface area (Å²) in [6.45, 7) is 7.83. The number of aromatic amines is 1. The van der Waals surface area contributed by atoms with Gasteiger partial charge in [-0.25, -0.2) is 4.79 Å². The number of carbonyl (C=O) groups excluding carboxylic acids is 2. The third-order valence-electron chi connectivity index (χ3n) is 3.58. The maximum Gasteiger partial charge on any atom is 0.340 e. The highest BCUT2D eigenvalue weighted by atomic mass is 16.5. The van der Waals surface area contributed by atoms with Crippen molar-refractivity contribution in [2.45, 2.75) is 34.2 Å². The summed E-state index contributed by atoms with van der Waals surface area (Å²) in [5.74, 6) is -0.458. The molecule has 0 atom stereocenters. The van der Waals surface area contributed by atoms with Crippen molar-refractivity contribution < 1.29 is 18.9 Å². The Morgan fingerprint density at radius 2 is 1.82 bits per heavy atom. The Kier molecular flexibility index (Phi) is 4.75. The summed E-state index contributed by atoms with van der Waals surface area (Å²) >= 11 is 0. The molecule has 2 aromatic heterocycles. The van der Waals surface area contributed by atoms with Crippen LogP contribution in [0, 0.1) is 20.8 Å². The molecule has 22 heavy (non-hydrogen) atoms. The summed E-state index contributed by atoms with van der Waals surface area (Å²) < 4.78 is 6.85. The van der Waals surface area contributed by atoms with Crippen molar-refractivity contribution in [3.63, 3.8) is 0 Å². The van der Waals surface area contributed by atoms with Crippen LogP contribution in [0.1, 0.15) is 44.6 Å². The van der Waals surface area contributed by atoms with E-state index in [0.717, 1.165) is 5.56 Å². The lowest BCUT2D eigenvalue weighted by atomic mass is 10.1. The zero-order valence-corrected chi connectivity index (χ0v) is 13.4. The van der Waals surface area contributed by atoms with Crippen molar-refractivity contribution in [2.75, 3.05) is 6.61 Å². The second kappa shape index (κ2) is 6.56. The molecule has 0 radical (unpaired) electrons. The number of aryl methyl sites for hydroxylation is 2. The molecule has 0 aliphatic heterocycles. The van der Waals surface area contributed by atoms with Gasteiger partial charge in [0.1, 0.15) is 0 Å². The molecule has 0 aromatic carbocycles. The number of ketones is 1. The molecule has 0 saturated heterocycles. The monoisotopic (exact) mass is 301 g/mol. The predicted octanol–water partition coefficient (Wildman–Crippen LogP) is 2.29. The van der Waals surface area contributed by atoms with Gasteiger partial charge in [-0.15, -0.1) is 0 Å². The highest BCUT2D eigenvalue weighted by Gasteiger charge is 2.24. The maximum absolute atomic E-state index is 12.5. The average molecular weight is 301 g/mol. The number of nitrogens with zero attached hydrogens (tertiary/aromatic N) is 1. The Bertz CT molecular complexity index is 699. The first-order valence-electron chi connectivity index (χ1n) is 7.29. The molecule has 0 bridgehead atoms. The van der Waals surface area contributed by atoms with Gasteiger partial charge in [-0.2, -0.15) is 4.57 Å². The molecule has 5 nitrogen and oxygen atoms in total. The van der Waals surface area contributed by atoms with Crippen molar-refractivity contribution in [3.05, 3.63) is 52.6 Å². The van der Waals surface area contributed by atoms with Gasteiger partial charge in [0.15, 0.2) is 12.4 Å². The lowest BCUT2D eigenvalue weighted by Gasteiger charge is -2.02. The average Bonchev–Trinajstić information content (AvgIpc) is 2.77. The van der Waals surface area contributed by atoms with Gasteiger partial charge in [0.2, 0.25) is 12.3 Å². The molecule has 2 rings (SSSR count). The topological polar surface area (TPSA) is 63.0 Å². The van der Waals surface area contributed by atoms with E-state index in [2.05, 4.69) is 4.98 Å². The van der Waals surface area contributed by atoms with Gasteiger partial charge in [-0.05, 0) is 38.8 Å². The molecule has 0 unspecified atom stereocenters. The van der Waals surface area contributed by atoms with Gasteiger partial charge in [0.25, 0.3) is 0 Å². The Morgan fingerprint density at radius 3 is 2.41 bits per heavy atom. The van der Waals surface area contributed by atoms with Crippen LogP contribution in [0.4, 0.5) is 0 Å². The number of aromatic nitrogens is 2. The van der Waals surface area contributed by atoms with E-state index in [1.807, 2.05) is 36.0 Å². The molecule has 0 saturated carbocycles. The van der Waals surface area contributed by atoms with Crippen LogP contribution in [-0.4, -0.2) is 23.3 Å². The lowest BCUT2D eigenvalue weighted by molar-refractivity contribution is -0.683. The van der Waals surface area contributed by atoms with Crippen LogP contribution in [0.3, 0.4) is 0 Å². The van der Waals surface area contributed by atoms with Gasteiger partial charge in [-0.1, -0.05) is 0 Å². The third kappa shape index (κ3) is 3.24. The molecule has 2 aromatic rings. The lowest BCUT2D eigenvalue weighted by Crippen LogP contribution is -2.37. The first-order chi connectivity index (χ1) is 10.4. The van der Waals surface area contributed by atoms with Crippen LogP contribution >= 0.6 is 0 Å². The van der Waals surface area contributed by atoms with Crippen molar-refractivity contribution in [1.29, 1.82) is 0 Å². The van der Waals surface area contributed by atoms with Gasteiger partial charge in [0.05, 0.1) is 17.9 Å². The summed E-state index contributed by atoms with van der Waals surface area (Å²) in [6.07, 6.45) is 3.73. The van der Waals surface area contributed by atoms with Crippen LogP contribution in [-0.2, 0) is 11.3 Å². The number of esters is 1. The molecule has 0 aliphatic carbocycles. The van der Waals surface area contributed by atoms with E-state index in [1.54, 1.807) is 20.8 Å². The molecule has 0 amide bonds. The molecule has 0 fully saturated rings. The van der Waals surface area contributed by atoms with E-state index in [1.165, 1.54) is 0 Å². The van der Waals surface area contributed by atoms with Crippen molar-refractivity contribution >= 4 is 11.8 Å². The molecule has 2 heterocycles. The Hall–Kier alpha value is -2.43. The fraction of sp³-hybridized carbons (Fsp3) is 0.353. The number of hydrogen-bond donors (Lipinski definition) is 1. The molecular weight excluding hydrogens is 280 g/mol. The van der Waals surface area contributed by atoms with Crippen LogP contribution in [0.2, 0.25) is 0 Å². The van der Waals surface area contributed by atoms with Crippen LogP contribution in [0.15, 0.2) is 24.5 Å². The van der Waals surface area contributed by atoms with Crippen molar-refractivity contribution in [2.24, 2.45) is 0 Å². The van der Waals surface area contributed by atoms with Crippen molar-refractivity contribution in [1.82, 2.24) is 4.98 Å². The van der Waals surface area contributed by atoms with Crippen molar-refractivity contribution in [3.8, 4) is 0 Å². The zero-order chi connectivity index (χ0) is 16.3. The molecular formula is C17H21N2O3+. The minimum atomic E-state index is -0.393. The molecule has 5 heteroatoms.